The fourth-order valence-corrected chi connectivity index (χ4v) is 2.56. The van der Waals surface area contributed by atoms with Crippen LogP contribution in [-0.4, -0.2) is 27.8 Å². The minimum atomic E-state index is -0.827. The fraction of sp³-hybridized carbons (Fsp3) is 0.529. The Labute approximate surface area is 148 Å². The van der Waals surface area contributed by atoms with Gasteiger partial charge in [0.25, 0.3) is 5.56 Å². The van der Waals surface area contributed by atoms with Gasteiger partial charge in [-0.2, -0.15) is 0 Å². The zero-order valence-corrected chi connectivity index (χ0v) is 15.5. The molecule has 0 amide bonds. The van der Waals surface area contributed by atoms with E-state index in [4.69, 9.17) is 13.9 Å². The summed E-state index contributed by atoms with van der Waals surface area (Å²) in [5.74, 6) is -0.726. The maximum absolute atomic E-state index is 12.8. The Kier molecular flexibility index (Phi) is 5.50. The van der Waals surface area contributed by atoms with Gasteiger partial charge in [-0.3, -0.25) is 9.59 Å². The molecule has 0 aliphatic rings. The van der Waals surface area contributed by atoms with Crippen molar-refractivity contribution in [3.05, 3.63) is 42.9 Å². The van der Waals surface area contributed by atoms with E-state index in [2.05, 4.69) is 0 Å². The highest BCUT2D eigenvalue weighted by molar-refractivity contribution is 5.77. The number of hydrogen-bond donors (Lipinski definition) is 0. The van der Waals surface area contributed by atoms with Crippen LogP contribution in [0.2, 0.25) is 0 Å². The van der Waals surface area contributed by atoms with Gasteiger partial charge in [0, 0.05) is 13.2 Å². The largest absolute Gasteiger partial charge is 0.459 e. The molecule has 0 saturated heterocycles. The molecule has 2 rings (SSSR count). The Bertz CT molecular complexity index is 1010. The summed E-state index contributed by atoms with van der Waals surface area (Å²) >= 11 is 0. The quantitative estimate of drug-likeness (QED) is 0.714. The first kappa shape index (κ1) is 19.6. The van der Waals surface area contributed by atoms with Crippen molar-refractivity contribution in [2.75, 3.05) is 7.11 Å². The van der Waals surface area contributed by atoms with Crippen LogP contribution in [0.15, 0.2) is 24.9 Å². The molecule has 2 aromatic heterocycles. The number of aryl methyl sites for hydroxylation is 1. The standard InChI is InChI=1S/C17H22N2O7/c1-6-10-7-11(20)25-15-13(10)14(22)18(16(23)19(15)9-24-5)8-12(21)26-17(2,3)4/h7H,6,8-9H2,1-5H3. The molecule has 0 saturated carbocycles. The van der Waals surface area contributed by atoms with Crippen molar-refractivity contribution in [3.8, 4) is 0 Å². The van der Waals surface area contributed by atoms with Gasteiger partial charge in [0.15, 0.2) is 0 Å². The molecule has 0 spiro atoms. The predicted octanol–water partition coefficient (Wildman–Crippen LogP) is 0.624. The van der Waals surface area contributed by atoms with E-state index in [1.807, 2.05) is 0 Å². The lowest BCUT2D eigenvalue weighted by molar-refractivity contribution is -0.155. The minimum Gasteiger partial charge on any atom is -0.459 e. The second-order valence-electron chi connectivity index (χ2n) is 6.73. The average molecular weight is 366 g/mol. The molecule has 0 atom stereocenters. The summed E-state index contributed by atoms with van der Waals surface area (Å²) < 4.78 is 17.0. The van der Waals surface area contributed by atoms with Gasteiger partial charge in [-0.05, 0) is 32.8 Å². The lowest BCUT2D eigenvalue weighted by atomic mass is 10.1. The number of hydrogen-bond acceptors (Lipinski definition) is 7. The number of rotatable bonds is 5. The number of ether oxygens (including phenoxy) is 2. The first-order valence-corrected chi connectivity index (χ1v) is 8.10. The molecule has 0 unspecified atom stereocenters. The zero-order valence-electron chi connectivity index (χ0n) is 15.5. The summed E-state index contributed by atoms with van der Waals surface area (Å²) in [5, 5.41) is 0.0623. The lowest BCUT2D eigenvalue weighted by Crippen LogP contribution is -2.43. The van der Waals surface area contributed by atoms with Crippen LogP contribution in [0.25, 0.3) is 11.1 Å². The third kappa shape index (κ3) is 3.93. The molecule has 0 radical (unpaired) electrons. The highest BCUT2D eigenvalue weighted by atomic mass is 16.6. The molecule has 9 nitrogen and oxygen atoms in total. The Hall–Kier alpha value is -2.68. The van der Waals surface area contributed by atoms with E-state index in [1.54, 1.807) is 27.7 Å². The molecule has 0 N–H and O–H groups in total. The first-order valence-electron chi connectivity index (χ1n) is 8.10. The van der Waals surface area contributed by atoms with E-state index in [1.165, 1.54) is 13.2 Å². The van der Waals surface area contributed by atoms with Gasteiger partial charge in [-0.15, -0.1) is 0 Å². The van der Waals surface area contributed by atoms with Crippen LogP contribution in [0.5, 0.6) is 0 Å². The Morgan fingerprint density at radius 3 is 2.38 bits per heavy atom. The summed E-state index contributed by atoms with van der Waals surface area (Å²) in [6.07, 6.45) is 0.370. The Morgan fingerprint density at radius 2 is 1.85 bits per heavy atom. The molecule has 0 aliphatic heterocycles. The first-order chi connectivity index (χ1) is 12.1. The van der Waals surface area contributed by atoms with Crippen LogP contribution >= 0.6 is 0 Å². The number of nitrogens with zero attached hydrogens (tertiary/aromatic N) is 2. The number of esters is 1. The van der Waals surface area contributed by atoms with E-state index in [9.17, 15) is 19.2 Å². The molecule has 2 heterocycles. The summed E-state index contributed by atoms with van der Waals surface area (Å²) in [6.45, 7) is 6.00. The highest BCUT2D eigenvalue weighted by Crippen LogP contribution is 2.13. The normalized spacial score (nSPS) is 11.7. The summed E-state index contributed by atoms with van der Waals surface area (Å²) in [7, 11) is 1.35. The van der Waals surface area contributed by atoms with Gasteiger partial charge in [-0.1, -0.05) is 6.92 Å². The second kappa shape index (κ2) is 7.28. The number of methoxy groups -OCH3 is 1. The van der Waals surface area contributed by atoms with Gasteiger partial charge in [0.1, 0.15) is 24.3 Å². The van der Waals surface area contributed by atoms with Crippen LogP contribution in [0.1, 0.15) is 33.3 Å². The van der Waals surface area contributed by atoms with E-state index in [-0.39, 0.29) is 17.8 Å². The molecule has 0 aliphatic carbocycles. The zero-order chi connectivity index (χ0) is 19.6. The maximum atomic E-state index is 12.8. The Balaban J connectivity index is 2.78. The molecule has 9 heteroatoms. The molecular formula is C17H22N2O7. The predicted molar refractivity (Wildman–Crippen MR) is 93.2 cm³/mol. The molecule has 0 fully saturated rings. The SMILES string of the molecule is CCc1cc(=O)oc2c1c(=O)n(CC(=O)OC(C)(C)C)c(=O)n2COC. The molecule has 142 valence electrons. The van der Waals surface area contributed by atoms with Gasteiger partial charge >= 0.3 is 17.3 Å². The van der Waals surface area contributed by atoms with E-state index >= 15 is 0 Å². The van der Waals surface area contributed by atoms with Crippen molar-refractivity contribution < 1.29 is 18.7 Å². The smallest absolute Gasteiger partial charge is 0.337 e. The van der Waals surface area contributed by atoms with Gasteiger partial charge in [0.05, 0.1) is 0 Å². The van der Waals surface area contributed by atoms with Crippen LogP contribution in [0.3, 0.4) is 0 Å². The minimum absolute atomic E-state index is 0.0623. The average Bonchev–Trinajstić information content (AvgIpc) is 2.52. The number of fused-ring (bicyclic) bond motifs is 1. The summed E-state index contributed by atoms with van der Waals surface area (Å²) in [5.41, 5.74) is -2.74. The highest BCUT2D eigenvalue weighted by Gasteiger charge is 2.22. The van der Waals surface area contributed by atoms with Crippen LogP contribution in [-0.2, 0) is 34.0 Å². The maximum Gasteiger partial charge on any atom is 0.337 e. The third-order valence-electron chi connectivity index (χ3n) is 3.54. The van der Waals surface area contributed by atoms with Crippen molar-refractivity contribution >= 4 is 17.1 Å². The topological polar surface area (TPSA) is 110 Å². The fourth-order valence-electron chi connectivity index (χ4n) is 2.56. The molecule has 0 aromatic carbocycles. The molecular weight excluding hydrogens is 344 g/mol. The van der Waals surface area contributed by atoms with Crippen molar-refractivity contribution in [2.24, 2.45) is 0 Å². The van der Waals surface area contributed by atoms with Crippen molar-refractivity contribution in [1.29, 1.82) is 0 Å². The lowest BCUT2D eigenvalue weighted by Gasteiger charge is -2.20. The van der Waals surface area contributed by atoms with Crippen molar-refractivity contribution in [1.82, 2.24) is 9.13 Å². The third-order valence-corrected chi connectivity index (χ3v) is 3.54. The Morgan fingerprint density at radius 1 is 1.19 bits per heavy atom. The van der Waals surface area contributed by atoms with Crippen LogP contribution in [0.4, 0.5) is 0 Å². The number of carbonyl (C=O) groups excluding carboxylic acids is 1. The van der Waals surface area contributed by atoms with Gasteiger partial charge < -0.3 is 13.9 Å². The van der Waals surface area contributed by atoms with E-state index in [0.29, 0.717) is 12.0 Å². The van der Waals surface area contributed by atoms with Crippen molar-refractivity contribution in [2.45, 2.75) is 53.0 Å². The van der Waals surface area contributed by atoms with Gasteiger partial charge in [-0.25, -0.2) is 18.7 Å². The monoisotopic (exact) mass is 366 g/mol. The number of carbonyl (C=O) groups is 1. The van der Waals surface area contributed by atoms with Crippen LogP contribution < -0.4 is 16.9 Å². The molecule has 0 bridgehead atoms. The summed E-state index contributed by atoms with van der Waals surface area (Å²) in [4.78, 5) is 49.4. The van der Waals surface area contributed by atoms with E-state index in [0.717, 1.165) is 9.13 Å². The van der Waals surface area contributed by atoms with E-state index < -0.39 is 35.0 Å². The molecule has 26 heavy (non-hydrogen) atoms. The second-order valence-corrected chi connectivity index (χ2v) is 6.73. The van der Waals surface area contributed by atoms with Crippen molar-refractivity contribution in [3.63, 3.8) is 0 Å². The van der Waals surface area contributed by atoms with Crippen LogP contribution in [0, 0.1) is 0 Å². The van der Waals surface area contributed by atoms with Gasteiger partial charge in [0.2, 0.25) is 5.71 Å². The number of aromatic nitrogens is 2. The molecule has 2 aromatic rings. The summed E-state index contributed by atoms with van der Waals surface area (Å²) in [6, 6.07) is 1.20.